The van der Waals surface area contributed by atoms with E-state index in [-0.39, 0.29) is 24.1 Å². The van der Waals surface area contributed by atoms with Gasteiger partial charge in [0, 0.05) is 30.4 Å². The Balaban J connectivity index is 1.92. The Labute approximate surface area is 116 Å². The maximum absolute atomic E-state index is 11.9. The number of carbonyl (C=O) groups excluding carboxylic acids is 1. The van der Waals surface area contributed by atoms with Crippen molar-refractivity contribution in [2.45, 2.75) is 25.9 Å². The number of amides is 1. The van der Waals surface area contributed by atoms with E-state index < -0.39 is 0 Å². The van der Waals surface area contributed by atoms with Crippen LogP contribution in [0.1, 0.15) is 12.7 Å². The molecule has 3 N–H and O–H groups in total. The molecule has 6 nitrogen and oxygen atoms in total. The molecule has 0 aromatic carbocycles. The first-order valence-corrected chi connectivity index (χ1v) is 6.32. The number of nitrogens with two attached hydrogens (primary N) is 1. The van der Waals surface area contributed by atoms with E-state index in [4.69, 9.17) is 10.2 Å². The van der Waals surface area contributed by atoms with Crippen LogP contribution in [0.3, 0.4) is 0 Å². The third-order valence-corrected chi connectivity index (χ3v) is 2.82. The Kier molecular flexibility index (Phi) is 4.24. The molecular formula is C14H17N3O3. The molecule has 0 saturated carbocycles. The summed E-state index contributed by atoms with van der Waals surface area (Å²) in [7, 11) is 0. The molecule has 0 aliphatic rings. The summed E-state index contributed by atoms with van der Waals surface area (Å²) < 4.78 is 6.50. The van der Waals surface area contributed by atoms with Gasteiger partial charge in [-0.1, -0.05) is 0 Å². The average molecular weight is 275 g/mol. The normalized spacial score (nSPS) is 12.1. The van der Waals surface area contributed by atoms with Crippen molar-refractivity contribution in [3.8, 4) is 0 Å². The van der Waals surface area contributed by atoms with Crippen molar-refractivity contribution in [1.82, 2.24) is 9.88 Å². The minimum Gasteiger partial charge on any atom is -0.469 e. The van der Waals surface area contributed by atoms with E-state index in [2.05, 4.69) is 5.32 Å². The van der Waals surface area contributed by atoms with Gasteiger partial charge in [-0.25, -0.2) is 0 Å². The van der Waals surface area contributed by atoms with Crippen molar-refractivity contribution < 1.29 is 9.21 Å². The van der Waals surface area contributed by atoms with Crippen molar-refractivity contribution in [2.75, 3.05) is 5.73 Å². The Morgan fingerprint density at radius 3 is 2.95 bits per heavy atom. The second-order valence-corrected chi connectivity index (χ2v) is 4.68. The molecule has 20 heavy (non-hydrogen) atoms. The number of nitrogens with zero attached hydrogens (tertiary/aromatic N) is 1. The smallest absolute Gasteiger partial charge is 0.251 e. The third-order valence-electron chi connectivity index (χ3n) is 2.82. The van der Waals surface area contributed by atoms with E-state index >= 15 is 0 Å². The minimum absolute atomic E-state index is 0.0492. The van der Waals surface area contributed by atoms with Gasteiger partial charge >= 0.3 is 0 Å². The van der Waals surface area contributed by atoms with Gasteiger partial charge in [-0.2, -0.15) is 0 Å². The van der Waals surface area contributed by atoms with Crippen LogP contribution in [0.4, 0.5) is 5.69 Å². The molecule has 0 spiro atoms. The summed E-state index contributed by atoms with van der Waals surface area (Å²) in [6, 6.07) is 6.43. The van der Waals surface area contributed by atoms with Gasteiger partial charge in [-0.05, 0) is 25.1 Å². The predicted octanol–water partition coefficient (Wildman–Crippen LogP) is 0.771. The zero-order chi connectivity index (χ0) is 14.5. The van der Waals surface area contributed by atoms with Gasteiger partial charge in [0.15, 0.2) is 0 Å². The Morgan fingerprint density at radius 2 is 2.25 bits per heavy atom. The van der Waals surface area contributed by atoms with Crippen LogP contribution in [0.2, 0.25) is 0 Å². The fraction of sp³-hybridized carbons (Fsp3) is 0.286. The topological polar surface area (TPSA) is 90.3 Å². The lowest BCUT2D eigenvalue weighted by Gasteiger charge is -2.13. The van der Waals surface area contributed by atoms with Crippen molar-refractivity contribution in [1.29, 1.82) is 0 Å². The van der Waals surface area contributed by atoms with Gasteiger partial charge in [0.1, 0.15) is 12.3 Å². The highest BCUT2D eigenvalue weighted by Gasteiger charge is 2.10. The second kappa shape index (κ2) is 6.10. The number of nitrogen functional groups attached to an aromatic ring is 1. The van der Waals surface area contributed by atoms with Crippen LogP contribution in [0.25, 0.3) is 0 Å². The zero-order valence-corrected chi connectivity index (χ0v) is 11.2. The van der Waals surface area contributed by atoms with Crippen LogP contribution in [-0.2, 0) is 17.8 Å². The first kappa shape index (κ1) is 13.9. The van der Waals surface area contributed by atoms with Gasteiger partial charge in [0.2, 0.25) is 5.91 Å². The lowest BCUT2D eigenvalue weighted by Crippen LogP contribution is -2.38. The highest BCUT2D eigenvalue weighted by atomic mass is 16.3. The maximum Gasteiger partial charge on any atom is 0.251 e. The maximum atomic E-state index is 11.9. The highest BCUT2D eigenvalue weighted by Crippen LogP contribution is 2.04. The highest BCUT2D eigenvalue weighted by molar-refractivity contribution is 5.76. The van der Waals surface area contributed by atoms with Crippen LogP contribution >= 0.6 is 0 Å². The van der Waals surface area contributed by atoms with Crippen LogP contribution in [0, 0.1) is 0 Å². The molecule has 0 aliphatic heterocycles. The predicted molar refractivity (Wildman–Crippen MR) is 75.1 cm³/mol. The number of nitrogens with one attached hydrogen (secondary N) is 1. The van der Waals surface area contributed by atoms with E-state index in [0.29, 0.717) is 12.1 Å². The van der Waals surface area contributed by atoms with Gasteiger partial charge < -0.3 is 20.0 Å². The minimum atomic E-state index is -0.256. The summed E-state index contributed by atoms with van der Waals surface area (Å²) >= 11 is 0. The monoisotopic (exact) mass is 275 g/mol. The van der Waals surface area contributed by atoms with Gasteiger partial charge in [-0.3, -0.25) is 9.59 Å². The SMILES string of the molecule is CC(Cc1ccco1)NC(=O)Cn1cc(N)ccc1=O. The lowest BCUT2D eigenvalue weighted by molar-refractivity contribution is -0.122. The Hall–Kier alpha value is -2.50. The number of hydrogen-bond donors (Lipinski definition) is 2. The molecular weight excluding hydrogens is 258 g/mol. The number of hydrogen-bond acceptors (Lipinski definition) is 4. The molecule has 1 unspecified atom stereocenters. The van der Waals surface area contributed by atoms with Crippen LogP contribution in [0.5, 0.6) is 0 Å². The van der Waals surface area contributed by atoms with Gasteiger partial charge in [-0.15, -0.1) is 0 Å². The quantitative estimate of drug-likeness (QED) is 0.843. The number of rotatable bonds is 5. The largest absolute Gasteiger partial charge is 0.469 e. The number of carbonyl (C=O) groups is 1. The molecule has 2 heterocycles. The number of aromatic nitrogens is 1. The number of pyridine rings is 1. The first-order valence-electron chi connectivity index (χ1n) is 6.32. The summed E-state index contributed by atoms with van der Waals surface area (Å²) in [5.74, 6) is 0.565. The molecule has 0 radical (unpaired) electrons. The summed E-state index contributed by atoms with van der Waals surface area (Å²) in [5, 5.41) is 2.81. The molecule has 1 atom stereocenters. The second-order valence-electron chi connectivity index (χ2n) is 4.68. The van der Waals surface area contributed by atoms with Gasteiger partial charge in [0.05, 0.1) is 6.26 Å². The molecule has 2 aromatic heterocycles. The zero-order valence-electron chi connectivity index (χ0n) is 11.2. The fourth-order valence-corrected chi connectivity index (χ4v) is 1.93. The van der Waals surface area contributed by atoms with Crippen LogP contribution in [0.15, 0.2) is 45.9 Å². The van der Waals surface area contributed by atoms with E-state index in [1.54, 1.807) is 12.3 Å². The first-order chi connectivity index (χ1) is 9.54. The van der Waals surface area contributed by atoms with Crippen molar-refractivity contribution in [3.05, 3.63) is 52.8 Å². The number of anilines is 1. The van der Waals surface area contributed by atoms with Crippen LogP contribution < -0.4 is 16.6 Å². The molecule has 106 valence electrons. The van der Waals surface area contributed by atoms with Gasteiger partial charge in [0.25, 0.3) is 5.56 Å². The number of furan rings is 1. The molecule has 6 heteroatoms. The Morgan fingerprint density at radius 1 is 1.45 bits per heavy atom. The van der Waals surface area contributed by atoms with E-state index in [9.17, 15) is 9.59 Å². The standard InChI is InChI=1S/C14H17N3O3/c1-10(7-12-3-2-6-20-12)16-13(18)9-17-8-11(15)4-5-14(17)19/h2-6,8,10H,7,9,15H2,1H3,(H,16,18). The summed E-state index contributed by atoms with van der Waals surface area (Å²) in [6.45, 7) is 1.83. The van der Waals surface area contributed by atoms with E-state index in [1.807, 2.05) is 13.0 Å². The molecule has 2 rings (SSSR count). The third kappa shape index (κ3) is 3.74. The molecule has 0 bridgehead atoms. The Bertz CT molecular complexity index is 631. The summed E-state index contributed by atoms with van der Waals surface area (Å²) in [6.07, 6.45) is 3.65. The molecule has 0 aliphatic carbocycles. The fourth-order valence-electron chi connectivity index (χ4n) is 1.93. The molecule has 0 fully saturated rings. The molecule has 2 aromatic rings. The summed E-state index contributed by atoms with van der Waals surface area (Å²) in [5.41, 5.74) is 5.78. The van der Waals surface area contributed by atoms with E-state index in [0.717, 1.165) is 5.76 Å². The van der Waals surface area contributed by atoms with Crippen molar-refractivity contribution in [2.24, 2.45) is 0 Å². The molecule has 0 saturated heterocycles. The van der Waals surface area contributed by atoms with Crippen molar-refractivity contribution >= 4 is 11.6 Å². The van der Waals surface area contributed by atoms with Crippen molar-refractivity contribution in [3.63, 3.8) is 0 Å². The lowest BCUT2D eigenvalue weighted by atomic mass is 10.2. The van der Waals surface area contributed by atoms with Crippen LogP contribution in [-0.4, -0.2) is 16.5 Å². The average Bonchev–Trinajstić information content (AvgIpc) is 2.86. The summed E-state index contributed by atoms with van der Waals surface area (Å²) in [4.78, 5) is 23.4. The molecule has 1 amide bonds. The van der Waals surface area contributed by atoms with E-state index in [1.165, 1.54) is 22.9 Å².